The zero-order chi connectivity index (χ0) is 15.6. The average molecular weight is 330 g/mol. The first-order valence-corrected chi connectivity index (χ1v) is 10.4. The number of likely N-dealkylation sites (tertiary alicyclic amines) is 1. The van der Waals surface area contributed by atoms with E-state index in [0.29, 0.717) is 32.2 Å². The van der Waals surface area contributed by atoms with Gasteiger partial charge in [-0.05, 0) is 52.1 Å². The van der Waals surface area contributed by atoms with Gasteiger partial charge in [0, 0.05) is 25.7 Å². The lowest BCUT2D eigenvalue weighted by Crippen LogP contribution is -2.52. The largest absolute Gasteiger partial charge is 0.377 e. The van der Waals surface area contributed by atoms with Crippen LogP contribution in [0.1, 0.15) is 51.9 Å². The third-order valence-electron chi connectivity index (χ3n) is 5.57. The SMILES string of the molecule is C[C@@H]1OCC[C@@H]1S(=O)(=O)N1CCC[C@@H](N2CCCCCC2)C1. The van der Waals surface area contributed by atoms with Gasteiger partial charge in [-0.1, -0.05) is 12.8 Å². The molecule has 3 fully saturated rings. The lowest BCUT2D eigenvalue weighted by molar-refractivity contribution is 0.122. The summed E-state index contributed by atoms with van der Waals surface area (Å²) in [6.07, 6.45) is 7.78. The van der Waals surface area contributed by atoms with Crippen molar-refractivity contribution in [1.29, 1.82) is 0 Å². The van der Waals surface area contributed by atoms with Crippen LogP contribution in [0.4, 0.5) is 0 Å². The molecule has 0 saturated carbocycles. The molecule has 0 aliphatic carbocycles. The van der Waals surface area contributed by atoms with Gasteiger partial charge in [0.2, 0.25) is 10.0 Å². The van der Waals surface area contributed by atoms with E-state index in [1.54, 1.807) is 4.31 Å². The molecule has 3 rings (SSSR count). The average Bonchev–Trinajstić information content (AvgIpc) is 2.79. The fourth-order valence-electron chi connectivity index (χ4n) is 4.21. The van der Waals surface area contributed by atoms with Crippen LogP contribution >= 0.6 is 0 Å². The monoisotopic (exact) mass is 330 g/mol. The molecule has 3 aliphatic heterocycles. The summed E-state index contributed by atoms with van der Waals surface area (Å²) in [4.78, 5) is 2.54. The summed E-state index contributed by atoms with van der Waals surface area (Å²) >= 11 is 0. The van der Waals surface area contributed by atoms with E-state index in [-0.39, 0.29) is 11.4 Å². The maximum absolute atomic E-state index is 12.9. The van der Waals surface area contributed by atoms with Gasteiger partial charge in [0.25, 0.3) is 0 Å². The van der Waals surface area contributed by atoms with Crippen molar-refractivity contribution in [3.8, 4) is 0 Å². The number of rotatable bonds is 3. The maximum atomic E-state index is 12.9. The molecule has 0 amide bonds. The highest BCUT2D eigenvalue weighted by Crippen LogP contribution is 2.28. The Balaban J connectivity index is 1.66. The first kappa shape index (κ1) is 16.7. The summed E-state index contributed by atoms with van der Waals surface area (Å²) in [7, 11) is -3.21. The second-order valence-electron chi connectivity index (χ2n) is 7.05. The summed E-state index contributed by atoms with van der Waals surface area (Å²) in [5, 5.41) is -0.338. The summed E-state index contributed by atoms with van der Waals surface area (Å²) in [5.74, 6) is 0. The normalized spacial score (nSPS) is 36.3. The Morgan fingerprint density at radius 2 is 1.68 bits per heavy atom. The summed E-state index contributed by atoms with van der Waals surface area (Å²) < 4.78 is 33.1. The highest BCUT2D eigenvalue weighted by Gasteiger charge is 2.41. The summed E-state index contributed by atoms with van der Waals surface area (Å²) in [6, 6.07) is 0.416. The first-order chi connectivity index (χ1) is 10.6. The lowest BCUT2D eigenvalue weighted by atomic mass is 10.1. The van der Waals surface area contributed by atoms with E-state index in [1.165, 1.54) is 25.7 Å². The molecule has 0 unspecified atom stereocenters. The van der Waals surface area contributed by atoms with Gasteiger partial charge in [0.1, 0.15) is 5.25 Å². The fourth-order valence-corrected chi connectivity index (χ4v) is 6.31. The maximum Gasteiger partial charge on any atom is 0.219 e. The van der Waals surface area contributed by atoms with Crippen LogP contribution in [0.2, 0.25) is 0 Å². The van der Waals surface area contributed by atoms with Crippen molar-refractivity contribution in [2.75, 3.05) is 32.8 Å². The van der Waals surface area contributed by atoms with Gasteiger partial charge in [-0.15, -0.1) is 0 Å². The van der Waals surface area contributed by atoms with Crippen molar-refractivity contribution < 1.29 is 13.2 Å². The van der Waals surface area contributed by atoms with Crippen molar-refractivity contribution in [1.82, 2.24) is 9.21 Å². The van der Waals surface area contributed by atoms with Gasteiger partial charge < -0.3 is 4.74 Å². The van der Waals surface area contributed by atoms with Gasteiger partial charge in [-0.2, -0.15) is 0 Å². The molecule has 0 aromatic rings. The summed E-state index contributed by atoms with van der Waals surface area (Å²) in [5.41, 5.74) is 0. The van der Waals surface area contributed by atoms with E-state index in [4.69, 9.17) is 4.74 Å². The van der Waals surface area contributed by atoms with Crippen LogP contribution in [0, 0.1) is 0 Å². The molecule has 0 spiro atoms. The minimum Gasteiger partial charge on any atom is -0.377 e. The molecular formula is C16H30N2O3S. The molecule has 3 saturated heterocycles. The lowest BCUT2D eigenvalue weighted by Gasteiger charge is -2.39. The molecule has 0 N–H and O–H groups in total. The van der Waals surface area contributed by atoms with Crippen LogP contribution in [0.15, 0.2) is 0 Å². The minimum absolute atomic E-state index is 0.163. The number of hydrogen-bond acceptors (Lipinski definition) is 4. The van der Waals surface area contributed by atoms with Crippen LogP contribution in [0.3, 0.4) is 0 Å². The van der Waals surface area contributed by atoms with Crippen LogP contribution in [0.5, 0.6) is 0 Å². The van der Waals surface area contributed by atoms with Crippen LogP contribution in [-0.4, -0.2) is 67.8 Å². The molecule has 0 radical (unpaired) electrons. The Morgan fingerprint density at radius 1 is 0.955 bits per heavy atom. The van der Waals surface area contributed by atoms with Crippen molar-refractivity contribution >= 4 is 10.0 Å². The molecule has 0 bridgehead atoms. The van der Waals surface area contributed by atoms with Crippen LogP contribution in [-0.2, 0) is 14.8 Å². The highest BCUT2D eigenvalue weighted by molar-refractivity contribution is 7.89. The Hall–Kier alpha value is -0.170. The molecular weight excluding hydrogens is 300 g/mol. The van der Waals surface area contributed by atoms with Crippen molar-refractivity contribution in [3.05, 3.63) is 0 Å². The van der Waals surface area contributed by atoms with E-state index in [1.807, 2.05) is 6.92 Å². The van der Waals surface area contributed by atoms with E-state index in [2.05, 4.69) is 4.90 Å². The van der Waals surface area contributed by atoms with Crippen LogP contribution < -0.4 is 0 Å². The number of hydrogen-bond donors (Lipinski definition) is 0. The molecule has 0 aromatic carbocycles. The third kappa shape index (κ3) is 3.50. The van der Waals surface area contributed by atoms with Gasteiger partial charge in [-0.25, -0.2) is 12.7 Å². The highest BCUT2D eigenvalue weighted by atomic mass is 32.2. The van der Waals surface area contributed by atoms with Crippen molar-refractivity contribution in [2.24, 2.45) is 0 Å². The predicted molar refractivity (Wildman–Crippen MR) is 87.4 cm³/mol. The van der Waals surface area contributed by atoms with E-state index in [9.17, 15) is 8.42 Å². The van der Waals surface area contributed by atoms with Crippen molar-refractivity contribution in [2.45, 2.75) is 69.3 Å². The number of sulfonamides is 1. The molecule has 3 heterocycles. The zero-order valence-electron chi connectivity index (χ0n) is 13.7. The zero-order valence-corrected chi connectivity index (χ0v) is 14.6. The fraction of sp³-hybridized carbons (Fsp3) is 1.00. The second kappa shape index (κ2) is 7.16. The van der Waals surface area contributed by atoms with E-state index in [0.717, 1.165) is 25.9 Å². The quantitative estimate of drug-likeness (QED) is 0.792. The predicted octanol–water partition coefficient (Wildman–Crippen LogP) is 1.83. The van der Waals surface area contributed by atoms with Crippen molar-refractivity contribution in [3.63, 3.8) is 0 Å². The molecule has 22 heavy (non-hydrogen) atoms. The van der Waals surface area contributed by atoms with E-state index >= 15 is 0 Å². The van der Waals surface area contributed by atoms with Crippen LogP contribution in [0.25, 0.3) is 0 Å². The topological polar surface area (TPSA) is 49.9 Å². The third-order valence-corrected chi connectivity index (χ3v) is 8.00. The Bertz CT molecular complexity index is 460. The minimum atomic E-state index is -3.21. The molecule has 0 aromatic heterocycles. The van der Waals surface area contributed by atoms with Gasteiger partial charge >= 0.3 is 0 Å². The van der Waals surface area contributed by atoms with E-state index < -0.39 is 10.0 Å². The Kier molecular flexibility index (Phi) is 5.43. The number of piperidine rings is 1. The van der Waals surface area contributed by atoms with Gasteiger partial charge in [0.15, 0.2) is 0 Å². The molecule has 5 nitrogen and oxygen atoms in total. The molecule has 3 atom stereocenters. The number of ether oxygens (including phenoxy) is 1. The smallest absolute Gasteiger partial charge is 0.219 e. The summed E-state index contributed by atoms with van der Waals surface area (Å²) in [6.45, 7) is 6.13. The van der Waals surface area contributed by atoms with Gasteiger partial charge in [-0.3, -0.25) is 4.90 Å². The Morgan fingerprint density at radius 3 is 2.32 bits per heavy atom. The molecule has 6 heteroatoms. The van der Waals surface area contributed by atoms with Gasteiger partial charge in [0.05, 0.1) is 6.10 Å². The molecule has 128 valence electrons. The second-order valence-corrected chi connectivity index (χ2v) is 9.20. The molecule has 3 aliphatic rings. The standard InChI is InChI=1S/C16H30N2O3S/c1-14-16(8-12-21-14)22(19,20)18-11-6-7-15(13-18)17-9-4-2-3-5-10-17/h14-16H,2-13H2,1H3/t14-,15+,16-/m0/s1. The first-order valence-electron chi connectivity index (χ1n) is 8.93. The Labute approximate surface area is 135 Å². The number of nitrogens with zero attached hydrogens (tertiary/aromatic N) is 2.